The van der Waals surface area contributed by atoms with Gasteiger partial charge < -0.3 is 15.4 Å². The molecule has 3 unspecified atom stereocenters. The molecule has 3 atom stereocenters. The van der Waals surface area contributed by atoms with E-state index in [0.29, 0.717) is 24.2 Å². The first-order chi connectivity index (χ1) is 12.4. The van der Waals surface area contributed by atoms with Crippen LogP contribution in [0.15, 0.2) is 29.3 Å². The van der Waals surface area contributed by atoms with Crippen molar-refractivity contribution in [3.05, 3.63) is 35.4 Å². The van der Waals surface area contributed by atoms with E-state index >= 15 is 0 Å². The highest BCUT2D eigenvalue weighted by molar-refractivity contribution is 14.0. The second-order valence-corrected chi connectivity index (χ2v) is 7.87. The minimum Gasteiger partial charge on any atom is -0.373 e. The Morgan fingerprint density at radius 3 is 2.19 bits per heavy atom. The highest BCUT2D eigenvalue weighted by Gasteiger charge is 2.21. The van der Waals surface area contributed by atoms with E-state index in [-0.39, 0.29) is 24.0 Å². The van der Waals surface area contributed by atoms with Crippen LogP contribution in [0, 0.1) is 5.92 Å². The molecule has 0 spiro atoms. The molecule has 0 amide bonds. The molecule has 2 N–H and O–H groups in total. The topological polar surface area (TPSA) is 48.9 Å². The number of rotatable bonds is 6. The Balaban J connectivity index is 0.00000364. The summed E-state index contributed by atoms with van der Waals surface area (Å²) < 4.78 is 5.81. The normalized spacial score (nSPS) is 22.3. The number of halogens is 1. The van der Waals surface area contributed by atoms with Crippen LogP contribution in [0.1, 0.15) is 45.7 Å². The van der Waals surface area contributed by atoms with Crippen molar-refractivity contribution >= 4 is 29.9 Å². The Bertz CT molecular complexity index is 566. The van der Waals surface area contributed by atoms with Gasteiger partial charge in [0, 0.05) is 39.3 Å². The lowest BCUT2D eigenvalue weighted by Gasteiger charge is -2.35. The van der Waals surface area contributed by atoms with Gasteiger partial charge in [0.1, 0.15) is 0 Å². The third-order valence-corrected chi connectivity index (χ3v) is 4.97. The van der Waals surface area contributed by atoms with E-state index in [1.54, 1.807) is 0 Å². The highest BCUT2D eigenvalue weighted by Crippen LogP contribution is 2.14. The van der Waals surface area contributed by atoms with Gasteiger partial charge in [-0.1, -0.05) is 38.1 Å². The Labute approximate surface area is 182 Å². The van der Waals surface area contributed by atoms with Gasteiger partial charge in [-0.15, -0.1) is 24.0 Å². The summed E-state index contributed by atoms with van der Waals surface area (Å²) in [4.78, 5) is 6.79. The Morgan fingerprint density at radius 1 is 1.11 bits per heavy atom. The molecule has 1 aromatic rings. The first-order valence-corrected chi connectivity index (χ1v) is 9.80. The van der Waals surface area contributed by atoms with E-state index in [4.69, 9.17) is 4.74 Å². The number of nitrogens with zero attached hydrogens (tertiary/aromatic N) is 2. The van der Waals surface area contributed by atoms with Crippen LogP contribution in [0.5, 0.6) is 0 Å². The van der Waals surface area contributed by atoms with E-state index in [1.165, 1.54) is 11.1 Å². The average Bonchev–Trinajstić information content (AvgIpc) is 2.58. The van der Waals surface area contributed by atoms with Crippen molar-refractivity contribution in [2.75, 3.05) is 20.1 Å². The number of hydrogen-bond acceptors (Lipinski definition) is 3. The number of ether oxygens (including phenoxy) is 1. The van der Waals surface area contributed by atoms with Crippen LogP contribution in [0.2, 0.25) is 0 Å². The minimum absolute atomic E-state index is 0. The van der Waals surface area contributed by atoms with Crippen LogP contribution in [0.4, 0.5) is 0 Å². The maximum absolute atomic E-state index is 5.81. The number of guanidine groups is 1. The molecule has 0 radical (unpaired) electrons. The quantitative estimate of drug-likeness (QED) is 0.365. The molecule has 1 aromatic carbocycles. The standard InChI is InChI=1S/C21H36N4O.HI/c1-15(2)18(5)24-21(22-6)23-11-19-7-9-20(10-8-19)14-25-12-16(3)26-17(4)13-25;/h7-10,15-18H,11-14H2,1-6H3,(H2,22,23,24);1H. The van der Waals surface area contributed by atoms with Crippen molar-refractivity contribution in [2.45, 2.75) is 66.0 Å². The molecule has 1 aliphatic rings. The van der Waals surface area contributed by atoms with Gasteiger partial charge in [0.25, 0.3) is 0 Å². The summed E-state index contributed by atoms with van der Waals surface area (Å²) in [5.41, 5.74) is 2.61. The molecule has 1 fully saturated rings. The van der Waals surface area contributed by atoms with Gasteiger partial charge >= 0.3 is 0 Å². The fourth-order valence-electron chi connectivity index (χ4n) is 3.20. The molecule has 5 nitrogen and oxygen atoms in total. The van der Waals surface area contributed by atoms with Gasteiger partial charge in [0.05, 0.1) is 12.2 Å². The lowest BCUT2D eigenvalue weighted by Crippen LogP contribution is -2.44. The predicted octanol–water partition coefficient (Wildman–Crippen LogP) is 3.62. The Hall–Kier alpha value is -0.860. The zero-order valence-electron chi connectivity index (χ0n) is 17.7. The van der Waals surface area contributed by atoms with E-state index < -0.39 is 0 Å². The van der Waals surface area contributed by atoms with E-state index in [9.17, 15) is 0 Å². The van der Waals surface area contributed by atoms with Crippen molar-refractivity contribution in [1.82, 2.24) is 15.5 Å². The fraction of sp³-hybridized carbons (Fsp3) is 0.667. The van der Waals surface area contributed by atoms with Crippen LogP contribution in [-0.4, -0.2) is 49.2 Å². The second-order valence-electron chi connectivity index (χ2n) is 7.87. The van der Waals surface area contributed by atoms with Crippen LogP contribution in [0.25, 0.3) is 0 Å². The summed E-state index contributed by atoms with van der Waals surface area (Å²) in [7, 11) is 1.82. The van der Waals surface area contributed by atoms with Gasteiger partial charge in [-0.05, 0) is 37.8 Å². The third kappa shape index (κ3) is 8.35. The lowest BCUT2D eigenvalue weighted by molar-refractivity contribution is -0.0704. The van der Waals surface area contributed by atoms with Crippen molar-refractivity contribution in [2.24, 2.45) is 10.9 Å². The summed E-state index contributed by atoms with van der Waals surface area (Å²) in [6.07, 6.45) is 0.629. The number of morpholine rings is 1. The Morgan fingerprint density at radius 2 is 1.67 bits per heavy atom. The van der Waals surface area contributed by atoms with E-state index in [1.807, 2.05) is 7.05 Å². The molecule has 0 aromatic heterocycles. The van der Waals surface area contributed by atoms with Gasteiger partial charge in [0.2, 0.25) is 0 Å². The highest BCUT2D eigenvalue weighted by atomic mass is 127. The van der Waals surface area contributed by atoms with Crippen LogP contribution in [0.3, 0.4) is 0 Å². The van der Waals surface area contributed by atoms with Crippen LogP contribution in [-0.2, 0) is 17.8 Å². The molecule has 0 saturated carbocycles. The van der Waals surface area contributed by atoms with Crippen molar-refractivity contribution in [3.63, 3.8) is 0 Å². The fourth-order valence-corrected chi connectivity index (χ4v) is 3.20. The molecule has 6 heteroatoms. The summed E-state index contributed by atoms with van der Waals surface area (Å²) in [5.74, 6) is 1.42. The number of benzene rings is 1. The van der Waals surface area contributed by atoms with Gasteiger partial charge in [0.15, 0.2) is 5.96 Å². The lowest BCUT2D eigenvalue weighted by atomic mass is 10.1. The summed E-state index contributed by atoms with van der Waals surface area (Å²) in [6, 6.07) is 9.26. The predicted molar refractivity (Wildman–Crippen MR) is 125 cm³/mol. The maximum Gasteiger partial charge on any atom is 0.191 e. The zero-order chi connectivity index (χ0) is 19.1. The Kier molecular flexibility index (Phi) is 10.6. The van der Waals surface area contributed by atoms with E-state index in [0.717, 1.165) is 32.1 Å². The average molecular weight is 488 g/mol. The molecule has 27 heavy (non-hydrogen) atoms. The van der Waals surface area contributed by atoms with Crippen LogP contribution < -0.4 is 10.6 Å². The van der Waals surface area contributed by atoms with Crippen LogP contribution >= 0.6 is 24.0 Å². The molecule has 1 heterocycles. The molecule has 154 valence electrons. The molecular formula is C21H37IN4O. The summed E-state index contributed by atoms with van der Waals surface area (Å²) >= 11 is 0. The SMILES string of the molecule is CN=C(NCc1ccc(CN2CC(C)OC(C)C2)cc1)NC(C)C(C)C.I. The summed E-state index contributed by atoms with van der Waals surface area (Å²) in [6.45, 7) is 14.7. The monoisotopic (exact) mass is 488 g/mol. The molecular weight excluding hydrogens is 451 g/mol. The van der Waals surface area contributed by atoms with E-state index in [2.05, 4.69) is 79.4 Å². The molecule has 1 saturated heterocycles. The molecule has 2 rings (SSSR count). The first kappa shape index (κ1) is 24.2. The smallest absolute Gasteiger partial charge is 0.191 e. The van der Waals surface area contributed by atoms with Gasteiger partial charge in [-0.3, -0.25) is 9.89 Å². The van der Waals surface area contributed by atoms with Crippen molar-refractivity contribution in [3.8, 4) is 0 Å². The number of aliphatic imine (C=N–C) groups is 1. The first-order valence-electron chi connectivity index (χ1n) is 9.80. The largest absolute Gasteiger partial charge is 0.373 e. The maximum atomic E-state index is 5.81. The van der Waals surface area contributed by atoms with Crippen molar-refractivity contribution in [1.29, 1.82) is 0 Å². The van der Waals surface area contributed by atoms with Gasteiger partial charge in [-0.25, -0.2) is 0 Å². The third-order valence-electron chi connectivity index (χ3n) is 4.97. The zero-order valence-corrected chi connectivity index (χ0v) is 20.0. The second kappa shape index (κ2) is 11.9. The molecule has 0 aliphatic carbocycles. The minimum atomic E-state index is 0. The molecule has 0 bridgehead atoms. The summed E-state index contributed by atoms with van der Waals surface area (Å²) in [5, 5.41) is 6.83. The van der Waals surface area contributed by atoms with Crippen molar-refractivity contribution < 1.29 is 4.74 Å². The number of nitrogens with one attached hydrogen (secondary N) is 2. The van der Waals surface area contributed by atoms with Gasteiger partial charge in [-0.2, -0.15) is 0 Å². The number of hydrogen-bond donors (Lipinski definition) is 2. The molecule has 1 aliphatic heterocycles.